The predicted molar refractivity (Wildman–Crippen MR) is 66.9 cm³/mol. The van der Waals surface area contributed by atoms with Crippen molar-refractivity contribution in [1.29, 1.82) is 0 Å². The van der Waals surface area contributed by atoms with Crippen LogP contribution in [0.4, 0.5) is 0 Å². The van der Waals surface area contributed by atoms with Crippen LogP contribution in [-0.4, -0.2) is 42.9 Å². The molecule has 6 nitrogen and oxygen atoms in total. The van der Waals surface area contributed by atoms with Gasteiger partial charge in [-0.2, -0.15) is 0 Å². The molecular formula is C11H24N4O2. The smallest absolute Gasteiger partial charge is 0.238 e. The Labute approximate surface area is 103 Å². The lowest BCUT2D eigenvalue weighted by atomic mass is 10.0. The molecule has 0 spiro atoms. The fraction of sp³-hybridized carbons (Fsp3) is 0.818. The molecular weight excluding hydrogens is 220 g/mol. The molecule has 0 bridgehead atoms. The zero-order chi connectivity index (χ0) is 13.4. The number of carbonyl (C=O) groups is 2. The highest BCUT2D eigenvalue weighted by atomic mass is 16.2. The first-order valence-electron chi connectivity index (χ1n) is 5.92. The molecule has 0 aliphatic carbocycles. The number of carbonyl (C=O) groups excluding carboxylic acids is 2. The topological polar surface area (TPSA) is 87.5 Å². The SMILES string of the molecule is CCCN(CC(=O)NC)C(C)C(C)C(=O)NN. The molecule has 100 valence electrons. The molecule has 6 heteroatoms. The van der Waals surface area contributed by atoms with Gasteiger partial charge in [0.25, 0.3) is 0 Å². The first kappa shape index (κ1) is 15.9. The number of likely N-dealkylation sites (N-methyl/N-ethyl adjacent to an activating group) is 1. The molecule has 17 heavy (non-hydrogen) atoms. The third-order valence-corrected chi connectivity index (χ3v) is 2.99. The highest BCUT2D eigenvalue weighted by Crippen LogP contribution is 2.11. The van der Waals surface area contributed by atoms with Crippen LogP contribution in [0.15, 0.2) is 0 Å². The lowest BCUT2D eigenvalue weighted by molar-refractivity contribution is -0.128. The second-order valence-corrected chi connectivity index (χ2v) is 4.18. The molecule has 0 aliphatic rings. The van der Waals surface area contributed by atoms with E-state index in [2.05, 4.69) is 10.7 Å². The van der Waals surface area contributed by atoms with Crippen molar-refractivity contribution in [2.75, 3.05) is 20.1 Å². The van der Waals surface area contributed by atoms with Gasteiger partial charge in [-0.25, -0.2) is 5.84 Å². The maximum Gasteiger partial charge on any atom is 0.238 e. The van der Waals surface area contributed by atoms with Gasteiger partial charge >= 0.3 is 0 Å². The third kappa shape index (κ3) is 5.14. The summed E-state index contributed by atoms with van der Waals surface area (Å²) in [5.41, 5.74) is 2.14. The molecule has 0 saturated carbocycles. The average Bonchev–Trinajstić information content (AvgIpc) is 2.35. The fourth-order valence-corrected chi connectivity index (χ4v) is 1.64. The van der Waals surface area contributed by atoms with Crippen LogP contribution in [0.25, 0.3) is 0 Å². The second-order valence-electron chi connectivity index (χ2n) is 4.18. The van der Waals surface area contributed by atoms with Crippen molar-refractivity contribution in [1.82, 2.24) is 15.6 Å². The Kier molecular flexibility index (Phi) is 7.49. The Hall–Kier alpha value is -1.14. The highest BCUT2D eigenvalue weighted by Gasteiger charge is 2.25. The van der Waals surface area contributed by atoms with Gasteiger partial charge in [0.2, 0.25) is 11.8 Å². The van der Waals surface area contributed by atoms with Crippen LogP contribution in [0.2, 0.25) is 0 Å². The summed E-state index contributed by atoms with van der Waals surface area (Å²) in [6.45, 7) is 6.85. The van der Waals surface area contributed by atoms with Gasteiger partial charge in [-0.1, -0.05) is 13.8 Å². The zero-order valence-electron chi connectivity index (χ0n) is 11.1. The maximum absolute atomic E-state index is 11.5. The molecule has 0 aliphatic heterocycles. The Morgan fingerprint density at radius 3 is 2.35 bits per heavy atom. The number of hydrogen-bond donors (Lipinski definition) is 3. The molecule has 0 aromatic carbocycles. The van der Waals surface area contributed by atoms with Crippen LogP contribution >= 0.6 is 0 Å². The summed E-state index contributed by atoms with van der Waals surface area (Å²) in [5.74, 6) is 4.60. The Balaban J connectivity index is 4.57. The second kappa shape index (κ2) is 8.03. The third-order valence-electron chi connectivity index (χ3n) is 2.99. The van der Waals surface area contributed by atoms with E-state index in [-0.39, 0.29) is 23.8 Å². The molecule has 0 rings (SSSR count). The summed E-state index contributed by atoms with van der Waals surface area (Å²) in [6.07, 6.45) is 0.929. The number of hydrogen-bond acceptors (Lipinski definition) is 4. The first-order chi connectivity index (χ1) is 7.97. The number of nitrogens with two attached hydrogens (primary N) is 1. The minimum Gasteiger partial charge on any atom is -0.358 e. The molecule has 4 N–H and O–H groups in total. The molecule has 0 aromatic rings. The summed E-state index contributed by atoms with van der Waals surface area (Å²) in [4.78, 5) is 24.8. The van der Waals surface area contributed by atoms with Crippen LogP contribution in [0.5, 0.6) is 0 Å². The minimum atomic E-state index is -0.254. The standard InChI is InChI=1S/C11H24N4O2/c1-5-6-15(7-10(16)13-4)9(3)8(2)11(17)14-12/h8-9H,5-7,12H2,1-4H3,(H,13,16)(H,14,17). The van der Waals surface area contributed by atoms with Crippen LogP contribution in [0.1, 0.15) is 27.2 Å². The number of nitrogens with zero attached hydrogens (tertiary/aromatic N) is 1. The molecule has 0 aromatic heterocycles. The largest absolute Gasteiger partial charge is 0.358 e. The Morgan fingerprint density at radius 2 is 1.94 bits per heavy atom. The summed E-state index contributed by atoms with van der Waals surface area (Å²) < 4.78 is 0. The summed E-state index contributed by atoms with van der Waals surface area (Å²) in [5, 5.41) is 2.59. The Morgan fingerprint density at radius 1 is 1.35 bits per heavy atom. The van der Waals surface area contributed by atoms with Crippen molar-refractivity contribution >= 4 is 11.8 Å². The van der Waals surface area contributed by atoms with E-state index in [1.54, 1.807) is 14.0 Å². The normalized spacial score (nSPS) is 14.2. The number of hydrazine groups is 1. The molecule has 2 atom stereocenters. The predicted octanol–water partition coefficient (Wildman–Crippen LogP) is -0.541. The Bertz CT molecular complexity index is 258. The minimum absolute atomic E-state index is 0.0317. The van der Waals surface area contributed by atoms with E-state index in [0.29, 0.717) is 6.54 Å². The van der Waals surface area contributed by atoms with Gasteiger partial charge in [-0.3, -0.25) is 19.9 Å². The summed E-state index contributed by atoms with van der Waals surface area (Å²) in [7, 11) is 1.60. The summed E-state index contributed by atoms with van der Waals surface area (Å²) in [6, 6.07) is -0.0317. The molecule has 0 radical (unpaired) electrons. The quantitative estimate of drug-likeness (QED) is 0.319. The summed E-state index contributed by atoms with van der Waals surface area (Å²) >= 11 is 0. The van der Waals surface area contributed by atoms with Gasteiger partial charge in [0, 0.05) is 13.1 Å². The molecule has 0 heterocycles. The van der Waals surface area contributed by atoms with E-state index < -0.39 is 0 Å². The van der Waals surface area contributed by atoms with Crippen LogP contribution < -0.4 is 16.6 Å². The van der Waals surface area contributed by atoms with Crippen molar-refractivity contribution < 1.29 is 9.59 Å². The van der Waals surface area contributed by atoms with Crippen LogP contribution in [0, 0.1) is 5.92 Å². The van der Waals surface area contributed by atoms with E-state index in [4.69, 9.17) is 5.84 Å². The van der Waals surface area contributed by atoms with E-state index >= 15 is 0 Å². The monoisotopic (exact) mass is 244 g/mol. The van der Waals surface area contributed by atoms with Gasteiger partial charge in [0.15, 0.2) is 0 Å². The van der Waals surface area contributed by atoms with Gasteiger partial charge in [0.1, 0.15) is 0 Å². The van der Waals surface area contributed by atoms with Crippen LogP contribution in [0.3, 0.4) is 0 Å². The van der Waals surface area contributed by atoms with Crippen LogP contribution in [-0.2, 0) is 9.59 Å². The van der Waals surface area contributed by atoms with Crippen molar-refractivity contribution in [3.63, 3.8) is 0 Å². The van der Waals surface area contributed by atoms with E-state index in [0.717, 1.165) is 13.0 Å². The lowest BCUT2D eigenvalue weighted by Gasteiger charge is -2.31. The van der Waals surface area contributed by atoms with Gasteiger partial charge < -0.3 is 5.32 Å². The van der Waals surface area contributed by atoms with E-state index in [1.807, 2.05) is 18.7 Å². The van der Waals surface area contributed by atoms with E-state index in [9.17, 15) is 9.59 Å². The molecule has 0 fully saturated rings. The maximum atomic E-state index is 11.5. The zero-order valence-corrected chi connectivity index (χ0v) is 11.1. The molecule has 2 unspecified atom stereocenters. The first-order valence-corrected chi connectivity index (χ1v) is 5.92. The fourth-order valence-electron chi connectivity index (χ4n) is 1.64. The number of amides is 2. The number of rotatable bonds is 7. The lowest BCUT2D eigenvalue weighted by Crippen LogP contribution is -2.49. The van der Waals surface area contributed by atoms with Crippen molar-refractivity contribution in [3.05, 3.63) is 0 Å². The van der Waals surface area contributed by atoms with Gasteiger partial charge in [-0.15, -0.1) is 0 Å². The van der Waals surface area contributed by atoms with Gasteiger partial charge in [0.05, 0.1) is 12.5 Å². The van der Waals surface area contributed by atoms with Crippen molar-refractivity contribution in [3.8, 4) is 0 Å². The molecule has 2 amide bonds. The van der Waals surface area contributed by atoms with Crippen molar-refractivity contribution in [2.24, 2.45) is 11.8 Å². The average molecular weight is 244 g/mol. The van der Waals surface area contributed by atoms with Gasteiger partial charge in [-0.05, 0) is 19.9 Å². The molecule has 0 saturated heterocycles. The van der Waals surface area contributed by atoms with Crippen molar-refractivity contribution in [2.45, 2.75) is 33.2 Å². The van der Waals surface area contributed by atoms with E-state index in [1.165, 1.54) is 0 Å². The number of nitrogens with one attached hydrogen (secondary N) is 2. The highest BCUT2D eigenvalue weighted by molar-refractivity contribution is 5.79.